The Morgan fingerprint density at radius 2 is 1.58 bits per heavy atom. The van der Waals surface area contributed by atoms with Crippen LogP contribution in [0.2, 0.25) is 0 Å². The van der Waals surface area contributed by atoms with Gasteiger partial charge < -0.3 is 15.0 Å². The first-order valence-corrected chi connectivity index (χ1v) is 17.3. The fourth-order valence-corrected chi connectivity index (χ4v) is 9.21. The Morgan fingerprint density at radius 3 is 2.11 bits per heavy atom. The second-order valence-corrected chi connectivity index (χ2v) is 16.2. The molecule has 0 aliphatic heterocycles. The predicted molar refractivity (Wildman–Crippen MR) is 164 cm³/mol. The molecule has 2 bridgehead atoms. The average molecular weight is 652 g/mol. The van der Waals surface area contributed by atoms with Crippen LogP contribution in [0.4, 0.5) is 13.2 Å². The zero-order valence-electron chi connectivity index (χ0n) is 26.4. The largest absolute Gasteiger partial charge is 0.481 e. The third-order valence-electron chi connectivity index (χ3n) is 10.2. The monoisotopic (exact) mass is 651 g/mol. The number of alkyl halides is 3. The minimum absolute atomic E-state index is 0.176. The van der Waals surface area contributed by atoms with Gasteiger partial charge in [-0.1, -0.05) is 25.3 Å². The molecule has 4 aliphatic rings. The summed E-state index contributed by atoms with van der Waals surface area (Å²) >= 11 is 0. The molecule has 0 saturated heterocycles. The third kappa shape index (κ3) is 6.82. The molecule has 4 fully saturated rings. The van der Waals surface area contributed by atoms with Crippen molar-refractivity contribution in [2.24, 2.45) is 11.3 Å². The highest BCUT2D eigenvalue weighted by molar-refractivity contribution is 7.89. The van der Waals surface area contributed by atoms with Crippen molar-refractivity contribution in [1.82, 2.24) is 14.6 Å². The van der Waals surface area contributed by atoms with Crippen LogP contribution in [0.25, 0.3) is 11.3 Å². The molecule has 1 heterocycles. The van der Waals surface area contributed by atoms with Gasteiger partial charge in [0.05, 0.1) is 21.4 Å². The van der Waals surface area contributed by atoms with Crippen molar-refractivity contribution in [3.63, 3.8) is 0 Å². The Kier molecular flexibility index (Phi) is 8.74. The molecule has 0 unspecified atom stereocenters. The SMILES string of the molecule is Cc1c(C(=O)NC23CCC(C(=O)O)(CC2)CC3)cc(-c2ccc(S(=O)(=O)NC(C)(C)C)c(C(F)(F)F)c2)n1CC1CCCCC1. The van der Waals surface area contributed by atoms with Crippen LogP contribution in [0.15, 0.2) is 29.2 Å². The maximum atomic E-state index is 14.4. The number of halogens is 3. The number of nitrogens with one attached hydrogen (secondary N) is 2. The van der Waals surface area contributed by atoms with Crippen molar-refractivity contribution in [2.45, 2.75) is 127 Å². The summed E-state index contributed by atoms with van der Waals surface area (Å²) in [7, 11) is -4.49. The number of carbonyl (C=O) groups excluding carboxylic acids is 1. The minimum atomic E-state index is -4.94. The van der Waals surface area contributed by atoms with Gasteiger partial charge in [-0.25, -0.2) is 13.1 Å². The van der Waals surface area contributed by atoms with E-state index >= 15 is 0 Å². The Morgan fingerprint density at radius 1 is 0.978 bits per heavy atom. The maximum Gasteiger partial charge on any atom is 0.417 e. The topological polar surface area (TPSA) is 118 Å². The van der Waals surface area contributed by atoms with Crippen molar-refractivity contribution in [3.8, 4) is 11.3 Å². The smallest absolute Gasteiger partial charge is 0.417 e. The first-order chi connectivity index (χ1) is 20.8. The third-order valence-corrected chi connectivity index (χ3v) is 12.0. The summed E-state index contributed by atoms with van der Waals surface area (Å²) in [5.74, 6) is -0.809. The number of carbonyl (C=O) groups is 2. The Labute approximate surface area is 263 Å². The number of benzene rings is 1. The molecule has 0 spiro atoms. The molecule has 2 aromatic rings. The summed E-state index contributed by atoms with van der Waals surface area (Å²) in [6.07, 6.45) is 3.47. The Balaban J connectivity index is 1.54. The molecule has 6 rings (SSSR count). The summed E-state index contributed by atoms with van der Waals surface area (Å²) in [4.78, 5) is 24.9. The van der Waals surface area contributed by atoms with Gasteiger partial charge in [0.2, 0.25) is 10.0 Å². The fraction of sp³-hybridized carbons (Fsp3) is 0.636. The van der Waals surface area contributed by atoms with E-state index in [1.54, 1.807) is 33.8 Å². The van der Waals surface area contributed by atoms with Gasteiger partial charge >= 0.3 is 12.1 Å². The van der Waals surface area contributed by atoms with Gasteiger partial charge in [0.25, 0.3) is 5.91 Å². The molecule has 45 heavy (non-hydrogen) atoms. The molecule has 0 radical (unpaired) electrons. The standard InChI is InChI=1S/C33H44F3N3O5S/c1-21-24(28(40)37-32-15-12-31(13-16-32,14-17-32)29(41)42)19-26(39(21)20-22-8-6-5-7-9-22)23-10-11-27(25(18-23)33(34,35)36)45(43,44)38-30(2,3)4/h10-11,18-19,22,38H,5-9,12-17,20H2,1-4H3,(H,37,40)(H,41,42). The molecule has 4 saturated carbocycles. The van der Waals surface area contributed by atoms with Gasteiger partial charge in [-0.2, -0.15) is 13.2 Å². The quantitative estimate of drug-likeness (QED) is 0.283. The minimum Gasteiger partial charge on any atom is -0.481 e. The van der Waals surface area contributed by atoms with Crippen LogP contribution < -0.4 is 10.0 Å². The van der Waals surface area contributed by atoms with Crippen LogP contribution in [0.3, 0.4) is 0 Å². The normalized spacial score (nSPS) is 24.5. The first kappa shape index (κ1) is 33.5. The lowest BCUT2D eigenvalue weighted by molar-refractivity contribution is -0.156. The van der Waals surface area contributed by atoms with Crippen molar-refractivity contribution < 1.29 is 36.3 Å². The summed E-state index contributed by atoms with van der Waals surface area (Å²) in [6.45, 7) is 7.01. The molecule has 1 aromatic heterocycles. The van der Waals surface area contributed by atoms with Gasteiger partial charge in [-0.3, -0.25) is 9.59 Å². The molecule has 1 aromatic carbocycles. The highest BCUT2D eigenvalue weighted by Crippen LogP contribution is 2.52. The number of aliphatic carboxylic acids is 1. The average Bonchev–Trinajstić information content (AvgIpc) is 3.28. The van der Waals surface area contributed by atoms with E-state index in [1.165, 1.54) is 6.07 Å². The number of sulfonamides is 1. The van der Waals surface area contributed by atoms with E-state index in [0.29, 0.717) is 67.9 Å². The Bertz CT molecular complexity index is 1560. The number of rotatable bonds is 8. The van der Waals surface area contributed by atoms with Crippen LogP contribution in [-0.4, -0.2) is 41.0 Å². The first-order valence-electron chi connectivity index (χ1n) is 15.9. The van der Waals surface area contributed by atoms with E-state index < -0.39 is 49.1 Å². The molecule has 0 atom stereocenters. The molecule has 4 aliphatic carbocycles. The van der Waals surface area contributed by atoms with Gasteiger partial charge in [-0.05, 0) is 109 Å². The van der Waals surface area contributed by atoms with E-state index in [2.05, 4.69) is 10.0 Å². The molecule has 8 nitrogen and oxygen atoms in total. The highest BCUT2D eigenvalue weighted by Gasteiger charge is 2.53. The number of aromatic nitrogens is 1. The van der Waals surface area contributed by atoms with Crippen molar-refractivity contribution >= 4 is 21.9 Å². The van der Waals surface area contributed by atoms with E-state index in [-0.39, 0.29) is 11.5 Å². The lowest BCUT2D eigenvalue weighted by atomic mass is 9.57. The van der Waals surface area contributed by atoms with Gasteiger partial charge in [0.1, 0.15) is 0 Å². The molecular formula is C33H44F3N3O5S. The zero-order valence-corrected chi connectivity index (χ0v) is 27.3. The number of carboxylic acid groups (broad SMARTS) is 1. The number of fused-ring (bicyclic) bond motifs is 3. The van der Waals surface area contributed by atoms with Crippen LogP contribution in [-0.2, 0) is 27.5 Å². The van der Waals surface area contributed by atoms with Gasteiger partial charge in [0.15, 0.2) is 0 Å². The van der Waals surface area contributed by atoms with Gasteiger partial charge in [0, 0.05) is 29.0 Å². The van der Waals surface area contributed by atoms with Crippen LogP contribution >= 0.6 is 0 Å². The van der Waals surface area contributed by atoms with Crippen LogP contribution in [0.5, 0.6) is 0 Å². The lowest BCUT2D eigenvalue weighted by Crippen LogP contribution is -2.58. The highest BCUT2D eigenvalue weighted by atomic mass is 32.2. The number of hydrogen-bond donors (Lipinski definition) is 3. The molecule has 3 N–H and O–H groups in total. The summed E-state index contributed by atoms with van der Waals surface area (Å²) in [6, 6.07) is 4.87. The second-order valence-electron chi connectivity index (χ2n) is 14.5. The zero-order chi connectivity index (χ0) is 33.0. The fourth-order valence-electron chi connectivity index (χ4n) is 7.58. The van der Waals surface area contributed by atoms with E-state index in [0.717, 1.165) is 44.2 Å². The van der Waals surface area contributed by atoms with Crippen molar-refractivity contribution in [2.75, 3.05) is 0 Å². The van der Waals surface area contributed by atoms with Crippen LogP contribution in [0, 0.1) is 18.3 Å². The Hall–Kier alpha value is -2.86. The number of hydrogen-bond acceptors (Lipinski definition) is 4. The number of amides is 1. The number of carboxylic acids is 1. The maximum absolute atomic E-state index is 14.4. The van der Waals surface area contributed by atoms with E-state index in [9.17, 15) is 36.3 Å². The summed E-state index contributed by atoms with van der Waals surface area (Å²) < 4.78 is 73.6. The van der Waals surface area contributed by atoms with E-state index in [1.807, 2.05) is 4.57 Å². The lowest BCUT2D eigenvalue weighted by Gasteiger charge is -2.51. The molecule has 248 valence electrons. The molecule has 1 amide bonds. The molecular weight excluding hydrogens is 607 g/mol. The van der Waals surface area contributed by atoms with Crippen molar-refractivity contribution in [1.29, 1.82) is 0 Å². The summed E-state index contributed by atoms with van der Waals surface area (Å²) in [5.41, 5.74) is -1.89. The van der Waals surface area contributed by atoms with E-state index in [4.69, 9.17) is 0 Å². The van der Waals surface area contributed by atoms with Crippen LogP contribution in [0.1, 0.15) is 113 Å². The molecule has 12 heteroatoms. The summed E-state index contributed by atoms with van der Waals surface area (Å²) in [5, 5.41) is 13.0. The predicted octanol–water partition coefficient (Wildman–Crippen LogP) is 7.05. The van der Waals surface area contributed by atoms with Crippen molar-refractivity contribution in [3.05, 3.63) is 41.1 Å². The van der Waals surface area contributed by atoms with Gasteiger partial charge in [-0.15, -0.1) is 0 Å². The number of nitrogens with zero attached hydrogens (tertiary/aromatic N) is 1. The second kappa shape index (κ2) is 11.7.